The Morgan fingerprint density at radius 2 is 2.33 bits per heavy atom. The summed E-state index contributed by atoms with van der Waals surface area (Å²) in [6.45, 7) is 1.65. The van der Waals surface area contributed by atoms with Crippen LogP contribution in [0.5, 0.6) is 0 Å². The molecule has 0 aliphatic rings. The lowest BCUT2D eigenvalue weighted by Crippen LogP contribution is -1.92. The molecular formula is C14H14N2OS. The van der Waals surface area contributed by atoms with Crippen molar-refractivity contribution < 1.29 is 4.79 Å². The second kappa shape index (κ2) is 4.53. The summed E-state index contributed by atoms with van der Waals surface area (Å²) in [5.74, 6) is 0.269. The van der Waals surface area contributed by atoms with Crippen molar-refractivity contribution in [1.82, 2.24) is 9.38 Å². The molecule has 18 heavy (non-hydrogen) atoms. The summed E-state index contributed by atoms with van der Waals surface area (Å²) in [6, 6.07) is 6.51. The predicted octanol–water partition coefficient (Wildman–Crippen LogP) is 3.46. The van der Waals surface area contributed by atoms with Crippen molar-refractivity contribution in [3.8, 4) is 0 Å². The summed E-state index contributed by atoms with van der Waals surface area (Å²) < 4.78 is 3.37. The number of imidazole rings is 1. The van der Waals surface area contributed by atoms with Crippen molar-refractivity contribution >= 4 is 32.3 Å². The number of Topliss-reactive ketones (excluding diaryl/α,β-unsaturated/α-hetero) is 1. The molecule has 3 aromatic rings. The molecule has 0 aliphatic carbocycles. The van der Waals surface area contributed by atoms with Gasteiger partial charge >= 0.3 is 0 Å². The SMILES string of the molecule is CC(=O)CCCc1ccc2c(c1)sc1nccn12. The minimum Gasteiger partial charge on any atom is -0.300 e. The topological polar surface area (TPSA) is 34.4 Å². The molecule has 0 bridgehead atoms. The molecular weight excluding hydrogens is 244 g/mol. The van der Waals surface area contributed by atoms with Gasteiger partial charge in [0.2, 0.25) is 0 Å². The molecule has 92 valence electrons. The first-order valence-electron chi connectivity index (χ1n) is 6.08. The highest BCUT2D eigenvalue weighted by molar-refractivity contribution is 7.23. The van der Waals surface area contributed by atoms with Crippen molar-refractivity contribution in [2.45, 2.75) is 26.2 Å². The molecule has 4 heteroatoms. The maximum Gasteiger partial charge on any atom is 0.194 e. The fourth-order valence-electron chi connectivity index (χ4n) is 2.18. The lowest BCUT2D eigenvalue weighted by atomic mass is 10.1. The normalized spacial score (nSPS) is 11.4. The van der Waals surface area contributed by atoms with Gasteiger partial charge in [0.05, 0.1) is 10.2 Å². The number of aryl methyl sites for hydroxylation is 1. The number of hydrogen-bond acceptors (Lipinski definition) is 3. The minimum atomic E-state index is 0.269. The molecule has 0 atom stereocenters. The van der Waals surface area contributed by atoms with Gasteiger partial charge in [-0.05, 0) is 37.5 Å². The Morgan fingerprint density at radius 3 is 3.17 bits per heavy atom. The number of ketones is 1. The van der Waals surface area contributed by atoms with Crippen molar-refractivity contribution in [3.05, 3.63) is 36.2 Å². The van der Waals surface area contributed by atoms with Crippen LogP contribution in [0, 0.1) is 0 Å². The average molecular weight is 258 g/mol. The number of thiazole rings is 1. The molecule has 2 heterocycles. The van der Waals surface area contributed by atoms with Crippen LogP contribution in [0.3, 0.4) is 0 Å². The third-order valence-corrected chi connectivity index (χ3v) is 4.12. The van der Waals surface area contributed by atoms with Gasteiger partial charge in [-0.2, -0.15) is 0 Å². The summed E-state index contributed by atoms with van der Waals surface area (Å²) in [7, 11) is 0. The largest absolute Gasteiger partial charge is 0.300 e. The van der Waals surface area contributed by atoms with Crippen LogP contribution in [0.1, 0.15) is 25.3 Å². The zero-order valence-electron chi connectivity index (χ0n) is 10.2. The molecule has 3 rings (SSSR count). The first kappa shape index (κ1) is 11.4. The molecule has 0 spiro atoms. The fraction of sp³-hybridized carbons (Fsp3) is 0.286. The van der Waals surface area contributed by atoms with E-state index in [2.05, 4.69) is 27.6 Å². The molecule has 0 saturated carbocycles. The maximum atomic E-state index is 10.9. The van der Waals surface area contributed by atoms with E-state index in [1.807, 2.05) is 12.4 Å². The third-order valence-electron chi connectivity index (χ3n) is 3.09. The molecule has 0 saturated heterocycles. The number of fused-ring (bicyclic) bond motifs is 3. The number of benzene rings is 1. The third kappa shape index (κ3) is 2.04. The molecule has 2 aromatic heterocycles. The second-order valence-corrected chi connectivity index (χ2v) is 5.55. The van der Waals surface area contributed by atoms with Gasteiger partial charge < -0.3 is 4.79 Å². The second-order valence-electron chi connectivity index (χ2n) is 4.54. The van der Waals surface area contributed by atoms with Gasteiger partial charge in [0.25, 0.3) is 0 Å². The van der Waals surface area contributed by atoms with Crippen molar-refractivity contribution in [2.75, 3.05) is 0 Å². The molecule has 0 amide bonds. The van der Waals surface area contributed by atoms with Crippen LogP contribution in [0.15, 0.2) is 30.6 Å². The highest BCUT2D eigenvalue weighted by atomic mass is 32.1. The molecule has 0 N–H and O–H groups in total. The van der Waals surface area contributed by atoms with E-state index in [0.717, 1.165) is 17.8 Å². The van der Waals surface area contributed by atoms with E-state index >= 15 is 0 Å². The van der Waals surface area contributed by atoms with Gasteiger partial charge in [-0.15, -0.1) is 0 Å². The van der Waals surface area contributed by atoms with E-state index in [9.17, 15) is 4.79 Å². The van der Waals surface area contributed by atoms with Crippen LogP contribution in [-0.4, -0.2) is 15.2 Å². The highest BCUT2D eigenvalue weighted by Crippen LogP contribution is 2.26. The zero-order valence-corrected chi connectivity index (χ0v) is 11.0. The Kier molecular flexibility index (Phi) is 2.88. The van der Waals surface area contributed by atoms with E-state index in [-0.39, 0.29) is 5.78 Å². The van der Waals surface area contributed by atoms with Crippen LogP contribution in [0.25, 0.3) is 15.2 Å². The molecule has 0 fully saturated rings. The Morgan fingerprint density at radius 1 is 1.44 bits per heavy atom. The lowest BCUT2D eigenvalue weighted by molar-refractivity contribution is -0.117. The zero-order chi connectivity index (χ0) is 12.5. The average Bonchev–Trinajstić information content (AvgIpc) is 2.87. The van der Waals surface area contributed by atoms with Crippen LogP contribution in [-0.2, 0) is 11.2 Å². The predicted molar refractivity (Wildman–Crippen MR) is 74.2 cm³/mol. The van der Waals surface area contributed by atoms with Crippen LogP contribution in [0.2, 0.25) is 0 Å². The van der Waals surface area contributed by atoms with Crippen molar-refractivity contribution in [2.24, 2.45) is 0 Å². The molecule has 1 aromatic carbocycles. The minimum absolute atomic E-state index is 0.269. The summed E-state index contributed by atoms with van der Waals surface area (Å²) in [4.78, 5) is 16.3. The van der Waals surface area contributed by atoms with Crippen LogP contribution >= 0.6 is 11.3 Å². The quantitative estimate of drug-likeness (QED) is 0.718. The maximum absolute atomic E-state index is 10.9. The molecule has 0 aliphatic heterocycles. The van der Waals surface area contributed by atoms with Crippen molar-refractivity contribution in [3.63, 3.8) is 0 Å². The van der Waals surface area contributed by atoms with Crippen LogP contribution in [0.4, 0.5) is 0 Å². The van der Waals surface area contributed by atoms with Crippen LogP contribution < -0.4 is 0 Å². The smallest absolute Gasteiger partial charge is 0.194 e. The first-order chi connectivity index (χ1) is 8.74. The van der Waals surface area contributed by atoms with E-state index < -0.39 is 0 Å². The van der Waals surface area contributed by atoms with E-state index in [1.54, 1.807) is 18.3 Å². The number of carbonyl (C=O) groups is 1. The summed E-state index contributed by atoms with van der Waals surface area (Å²) >= 11 is 1.71. The Bertz CT molecular complexity index is 711. The number of nitrogens with zero attached hydrogens (tertiary/aromatic N) is 2. The molecule has 0 unspecified atom stereocenters. The van der Waals surface area contributed by atoms with Gasteiger partial charge in [-0.3, -0.25) is 4.40 Å². The number of carbonyl (C=O) groups excluding carboxylic acids is 1. The van der Waals surface area contributed by atoms with Crippen molar-refractivity contribution in [1.29, 1.82) is 0 Å². The number of hydrogen-bond donors (Lipinski definition) is 0. The highest BCUT2D eigenvalue weighted by Gasteiger charge is 2.05. The molecule has 3 nitrogen and oxygen atoms in total. The van der Waals surface area contributed by atoms with Gasteiger partial charge in [0.15, 0.2) is 4.96 Å². The summed E-state index contributed by atoms with van der Waals surface area (Å²) in [5.41, 5.74) is 2.51. The Balaban J connectivity index is 1.88. The van der Waals surface area contributed by atoms with Gasteiger partial charge in [0, 0.05) is 18.8 Å². The standard InChI is InChI=1S/C14H14N2OS/c1-10(17)3-2-4-11-5-6-12-13(9-11)18-14-15-7-8-16(12)14/h5-9H,2-4H2,1H3. The van der Waals surface area contributed by atoms with Gasteiger partial charge in [0.1, 0.15) is 5.78 Å². The number of rotatable bonds is 4. The lowest BCUT2D eigenvalue weighted by Gasteiger charge is -2.00. The number of aromatic nitrogens is 2. The van der Waals surface area contributed by atoms with Gasteiger partial charge in [-0.25, -0.2) is 4.98 Å². The fourth-order valence-corrected chi connectivity index (χ4v) is 3.23. The molecule has 0 radical (unpaired) electrons. The summed E-state index contributed by atoms with van der Waals surface area (Å²) in [6.07, 6.45) is 6.39. The Hall–Kier alpha value is -1.68. The Labute approximate surface area is 109 Å². The summed E-state index contributed by atoms with van der Waals surface area (Å²) in [5, 5.41) is 0. The first-order valence-corrected chi connectivity index (χ1v) is 6.89. The van der Waals surface area contributed by atoms with E-state index in [1.165, 1.54) is 15.8 Å². The monoisotopic (exact) mass is 258 g/mol. The van der Waals surface area contributed by atoms with E-state index in [0.29, 0.717) is 6.42 Å². The van der Waals surface area contributed by atoms with Gasteiger partial charge in [-0.1, -0.05) is 17.4 Å². The van der Waals surface area contributed by atoms with E-state index in [4.69, 9.17) is 0 Å².